The van der Waals surface area contributed by atoms with E-state index in [2.05, 4.69) is 21.2 Å². The summed E-state index contributed by atoms with van der Waals surface area (Å²) in [5, 5.41) is 11.6. The van der Waals surface area contributed by atoms with Gasteiger partial charge in [-0.3, -0.25) is 14.9 Å². The lowest BCUT2D eigenvalue weighted by Gasteiger charge is -2.26. The minimum atomic E-state index is -1.03. The molecule has 0 bridgehead atoms. The average molecular weight is 620 g/mol. The van der Waals surface area contributed by atoms with Crippen LogP contribution < -0.4 is 19.7 Å². The van der Waals surface area contributed by atoms with Gasteiger partial charge < -0.3 is 14.6 Å². The van der Waals surface area contributed by atoms with Crippen LogP contribution in [0.2, 0.25) is 10.0 Å². The Bertz CT molecular complexity index is 1510. The highest BCUT2D eigenvalue weighted by atomic mass is 79.9. The summed E-state index contributed by atoms with van der Waals surface area (Å²) in [7, 11) is 1.43. The van der Waals surface area contributed by atoms with Crippen molar-refractivity contribution in [1.29, 1.82) is 0 Å². The molecule has 3 aromatic carbocycles. The number of nitrogens with one attached hydrogen (secondary N) is 1. The number of carbonyl (C=O) groups is 4. The van der Waals surface area contributed by atoms with E-state index in [4.69, 9.17) is 37.8 Å². The molecule has 0 atom stereocenters. The van der Waals surface area contributed by atoms with Crippen molar-refractivity contribution >= 4 is 74.7 Å². The van der Waals surface area contributed by atoms with Gasteiger partial charge in [0.25, 0.3) is 11.8 Å². The number of carbonyl (C=O) groups excluding carboxylic acids is 3. The number of nitrogens with zero attached hydrogens (tertiary/aromatic N) is 1. The maximum absolute atomic E-state index is 13.2. The number of rotatable bonds is 7. The molecule has 4 amide bonds. The van der Waals surface area contributed by atoms with Gasteiger partial charge in [0.15, 0.2) is 11.5 Å². The Morgan fingerprint density at radius 3 is 2.39 bits per heavy atom. The number of ether oxygens (including phenoxy) is 2. The van der Waals surface area contributed by atoms with Gasteiger partial charge in [-0.2, -0.15) is 0 Å². The molecule has 3 aromatic rings. The Morgan fingerprint density at radius 2 is 1.76 bits per heavy atom. The average Bonchev–Trinajstić information content (AvgIpc) is 2.87. The van der Waals surface area contributed by atoms with E-state index in [1.54, 1.807) is 24.3 Å². The number of hydrogen-bond acceptors (Lipinski definition) is 6. The molecule has 1 aliphatic rings. The first-order chi connectivity index (χ1) is 18.1. The lowest BCUT2D eigenvalue weighted by Crippen LogP contribution is -2.54. The fourth-order valence-electron chi connectivity index (χ4n) is 3.54. The first-order valence-electron chi connectivity index (χ1n) is 10.8. The second-order valence-electron chi connectivity index (χ2n) is 7.88. The Kier molecular flexibility index (Phi) is 8.05. The molecule has 1 aliphatic heterocycles. The highest BCUT2D eigenvalue weighted by Gasteiger charge is 2.37. The van der Waals surface area contributed by atoms with Crippen LogP contribution in [0.1, 0.15) is 21.5 Å². The largest absolute Gasteiger partial charge is 0.493 e. The minimum absolute atomic E-state index is 0.122. The number of methoxy groups -OCH3 is 1. The van der Waals surface area contributed by atoms with Crippen molar-refractivity contribution in [1.82, 2.24) is 5.32 Å². The normalized spacial score (nSPS) is 14.5. The summed E-state index contributed by atoms with van der Waals surface area (Å²) < 4.78 is 11.8. The molecule has 1 fully saturated rings. The SMILES string of the molecule is COc1cc(/C=C2\C(=O)NC(=O)N(c3ccc(Cl)c(Cl)c3)C2=O)cc(Br)c1OCc1ccc(C(=O)O)cc1. The number of imide groups is 2. The molecule has 4 rings (SSSR count). The van der Waals surface area contributed by atoms with Gasteiger partial charge in [0.1, 0.15) is 12.2 Å². The van der Waals surface area contributed by atoms with Crippen molar-refractivity contribution in [2.45, 2.75) is 6.61 Å². The molecule has 38 heavy (non-hydrogen) atoms. The van der Waals surface area contributed by atoms with E-state index in [-0.39, 0.29) is 33.5 Å². The van der Waals surface area contributed by atoms with Crippen LogP contribution in [-0.4, -0.2) is 36.0 Å². The molecular weight excluding hydrogens is 603 g/mol. The maximum Gasteiger partial charge on any atom is 0.335 e. The highest BCUT2D eigenvalue weighted by Crippen LogP contribution is 2.38. The van der Waals surface area contributed by atoms with Crippen LogP contribution in [0, 0.1) is 0 Å². The Balaban J connectivity index is 1.61. The van der Waals surface area contributed by atoms with Gasteiger partial charge in [0, 0.05) is 0 Å². The van der Waals surface area contributed by atoms with E-state index in [0.717, 1.165) is 10.5 Å². The second-order valence-corrected chi connectivity index (χ2v) is 9.55. The topological polar surface area (TPSA) is 122 Å². The van der Waals surface area contributed by atoms with E-state index in [9.17, 15) is 19.2 Å². The smallest absolute Gasteiger partial charge is 0.335 e. The summed E-state index contributed by atoms with van der Waals surface area (Å²) in [4.78, 5) is 50.0. The number of carboxylic acids is 1. The predicted molar refractivity (Wildman–Crippen MR) is 144 cm³/mol. The molecule has 0 saturated carbocycles. The van der Waals surface area contributed by atoms with Gasteiger partial charge in [0.05, 0.1) is 32.9 Å². The highest BCUT2D eigenvalue weighted by molar-refractivity contribution is 9.10. The summed E-state index contributed by atoms with van der Waals surface area (Å²) in [6.45, 7) is 0.122. The van der Waals surface area contributed by atoms with Crippen molar-refractivity contribution in [3.63, 3.8) is 0 Å². The van der Waals surface area contributed by atoms with Crippen LogP contribution in [0.25, 0.3) is 6.08 Å². The van der Waals surface area contributed by atoms with Crippen LogP contribution in [-0.2, 0) is 16.2 Å². The van der Waals surface area contributed by atoms with E-state index < -0.39 is 23.8 Å². The van der Waals surface area contributed by atoms with Gasteiger partial charge in [-0.05, 0) is 75.6 Å². The second kappa shape index (κ2) is 11.3. The summed E-state index contributed by atoms with van der Waals surface area (Å²) in [5.41, 5.74) is 1.14. The van der Waals surface area contributed by atoms with Crippen LogP contribution in [0.4, 0.5) is 10.5 Å². The lowest BCUT2D eigenvalue weighted by molar-refractivity contribution is -0.122. The first-order valence-corrected chi connectivity index (χ1v) is 12.3. The summed E-state index contributed by atoms with van der Waals surface area (Å²) >= 11 is 15.4. The number of amides is 4. The van der Waals surface area contributed by atoms with E-state index in [0.29, 0.717) is 21.5 Å². The molecule has 0 aliphatic carbocycles. The van der Waals surface area contributed by atoms with Gasteiger partial charge >= 0.3 is 12.0 Å². The first kappa shape index (κ1) is 27.2. The Hall–Kier alpha value is -3.86. The fourth-order valence-corrected chi connectivity index (χ4v) is 4.41. The summed E-state index contributed by atoms with van der Waals surface area (Å²) in [5.74, 6) is -2.09. The molecule has 0 unspecified atom stereocenters. The predicted octanol–water partition coefficient (Wildman–Crippen LogP) is 5.71. The molecular formula is C26H17BrCl2N2O7. The molecule has 194 valence electrons. The number of aromatic carboxylic acids is 1. The monoisotopic (exact) mass is 618 g/mol. The van der Waals surface area contributed by atoms with Gasteiger partial charge in [-0.1, -0.05) is 35.3 Å². The van der Waals surface area contributed by atoms with Gasteiger partial charge in [-0.15, -0.1) is 0 Å². The number of halogens is 3. The number of carboxylic acid groups (broad SMARTS) is 1. The lowest BCUT2D eigenvalue weighted by atomic mass is 10.1. The van der Waals surface area contributed by atoms with E-state index in [1.165, 1.54) is 43.5 Å². The third kappa shape index (κ3) is 5.67. The van der Waals surface area contributed by atoms with Crippen molar-refractivity contribution in [2.24, 2.45) is 0 Å². The number of anilines is 1. The van der Waals surface area contributed by atoms with Gasteiger partial charge in [0.2, 0.25) is 0 Å². The molecule has 12 heteroatoms. The van der Waals surface area contributed by atoms with E-state index >= 15 is 0 Å². The minimum Gasteiger partial charge on any atom is -0.493 e. The molecule has 9 nitrogen and oxygen atoms in total. The molecule has 0 aromatic heterocycles. The molecule has 0 spiro atoms. The fraction of sp³-hybridized carbons (Fsp3) is 0.0769. The number of benzene rings is 3. The third-order valence-electron chi connectivity index (χ3n) is 5.41. The van der Waals surface area contributed by atoms with Crippen molar-refractivity contribution in [3.8, 4) is 11.5 Å². The quantitative estimate of drug-likeness (QED) is 0.257. The van der Waals surface area contributed by atoms with Crippen LogP contribution in [0.15, 0.2) is 64.6 Å². The summed E-state index contributed by atoms with van der Waals surface area (Å²) in [6, 6.07) is 12.7. The van der Waals surface area contributed by atoms with Gasteiger partial charge in [-0.25, -0.2) is 14.5 Å². The zero-order valence-electron chi connectivity index (χ0n) is 19.5. The van der Waals surface area contributed by atoms with Crippen molar-refractivity contribution < 1.29 is 33.8 Å². The number of hydrogen-bond donors (Lipinski definition) is 2. The van der Waals surface area contributed by atoms with E-state index in [1.807, 2.05) is 0 Å². The Labute approximate surface area is 234 Å². The van der Waals surface area contributed by atoms with Crippen LogP contribution >= 0.6 is 39.1 Å². The molecule has 1 heterocycles. The number of urea groups is 1. The molecule has 2 N–H and O–H groups in total. The van der Waals surface area contributed by atoms with Crippen molar-refractivity contribution in [2.75, 3.05) is 12.0 Å². The van der Waals surface area contributed by atoms with Crippen LogP contribution in [0.3, 0.4) is 0 Å². The maximum atomic E-state index is 13.2. The standard InChI is InChI=1S/C26H17BrCl2N2O7/c1-37-21-10-14(9-18(27)22(21)38-12-13-2-4-15(5-3-13)25(34)35)8-17-23(32)30-26(36)31(24(17)33)16-6-7-19(28)20(29)11-16/h2-11H,12H2,1H3,(H,34,35)(H,30,32,36)/b17-8+. The third-order valence-corrected chi connectivity index (χ3v) is 6.74. The zero-order valence-corrected chi connectivity index (χ0v) is 22.6. The molecule has 1 saturated heterocycles. The van der Waals surface area contributed by atoms with Crippen LogP contribution in [0.5, 0.6) is 11.5 Å². The Morgan fingerprint density at radius 1 is 1.05 bits per heavy atom. The van der Waals surface area contributed by atoms with Crippen molar-refractivity contribution in [3.05, 3.63) is 91.4 Å². The zero-order chi connectivity index (χ0) is 27.6. The molecule has 0 radical (unpaired) electrons. The number of barbiturate groups is 1. The summed E-state index contributed by atoms with van der Waals surface area (Å²) in [6.07, 6.45) is 1.32.